The smallest absolute Gasteiger partial charge is 0.279 e. The van der Waals surface area contributed by atoms with Crippen LogP contribution in [0.15, 0.2) is 18.2 Å². The second-order valence-corrected chi connectivity index (χ2v) is 6.58. The lowest BCUT2D eigenvalue weighted by atomic mass is 10.2. The van der Waals surface area contributed by atoms with Crippen molar-refractivity contribution in [1.29, 1.82) is 0 Å². The van der Waals surface area contributed by atoms with E-state index in [1.54, 1.807) is 6.92 Å². The van der Waals surface area contributed by atoms with Gasteiger partial charge < -0.3 is 5.11 Å². The first kappa shape index (κ1) is 17.3. The maximum atomic E-state index is 13.6. The first-order valence-corrected chi connectivity index (χ1v) is 7.91. The third-order valence-electron chi connectivity index (χ3n) is 2.88. The Balaban J connectivity index is 2.87. The molecule has 0 aliphatic rings. The molecule has 20 heavy (non-hydrogen) atoms. The molecule has 1 rings (SSSR count). The van der Waals surface area contributed by atoms with Gasteiger partial charge in [-0.3, -0.25) is 0 Å². The fraction of sp³-hybridized carbons (Fsp3) is 0.500. The zero-order valence-corrected chi connectivity index (χ0v) is 12.9. The Hall–Kier alpha value is -0.730. The second kappa shape index (κ2) is 7.33. The SMILES string of the molecule is CCC(CO)NS(=O)(=O)N(C)Cc1c(F)cccc1Cl. The largest absolute Gasteiger partial charge is 0.395 e. The Labute approximate surface area is 123 Å². The van der Waals surface area contributed by atoms with Crippen molar-refractivity contribution >= 4 is 21.8 Å². The Morgan fingerprint density at radius 2 is 2.15 bits per heavy atom. The van der Waals surface area contributed by atoms with E-state index in [0.29, 0.717) is 6.42 Å². The van der Waals surface area contributed by atoms with Crippen LogP contribution in [0, 0.1) is 5.82 Å². The van der Waals surface area contributed by atoms with E-state index >= 15 is 0 Å². The second-order valence-electron chi connectivity index (χ2n) is 4.37. The van der Waals surface area contributed by atoms with Gasteiger partial charge in [0, 0.05) is 30.2 Å². The van der Waals surface area contributed by atoms with E-state index in [-0.39, 0.29) is 23.7 Å². The van der Waals surface area contributed by atoms with Crippen molar-refractivity contribution in [3.05, 3.63) is 34.6 Å². The van der Waals surface area contributed by atoms with E-state index < -0.39 is 22.1 Å². The summed E-state index contributed by atoms with van der Waals surface area (Å²) in [5.74, 6) is -0.561. The Morgan fingerprint density at radius 3 is 2.65 bits per heavy atom. The number of nitrogens with zero attached hydrogens (tertiary/aromatic N) is 1. The van der Waals surface area contributed by atoms with Crippen LogP contribution >= 0.6 is 11.6 Å². The average molecular weight is 325 g/mol. The number of aliphatic hydroxyl groups excluding tert-OH is 1. The fourth-order valence-electron chi connectivity index (χ4n) is 1.54. The van der Waals surface area contributed by atoms with E-state index in [9.17, 15) is 12.8 Å². The summed E-state index contributed by atoms with van der Waals surface area (Å²) in [6, 6.07) is 3.60. The summed E-state index contributed by atoms with van der Waals surface area (Å²) in [5.41, 5.74) is 0.110. The quantitative estimate of drug-likeness (QED) is 0.799. The molecule has 0 fully saturated rings. The minimum atomic E-state index is -3.82. The highest BCUT2D eigenvalue weighted by atomic mass is 35.5. The number of hydrogen-bond donors (Lipinski definition) is 2. The average Bonchev–Trinajstić information content (AvgIpc) is 2.40. The van der Waals surface area contributed by atoms with Crippen molar-refractivity contribution in [1.82, 2.24) is 9.03 Å². The molecule has 0 aromatic heterocycles. The predicted molar refractivity (Wildman–Crippen MR) is 76.1 cm³/mol. The zero-order valence-electron chi connectivity index (χ0n) is 11.3. The predicted octanol–water partition coefficient (Wildman–Crippen LogP) is 1.52. The molecule has 1 atom stereocenters. The summed E-state index contributed by atoms with van der Waals surface area (Å²) in [7, 11) is -2.50. The number of halogens is 2. The fourth-order valence-corrected chi connectivity index (χ4v) is 2.91. The van der Waals surface area contributed by atoms with E-state index in [0.717, 1.165) is 4.31 Å². The number of aliphatic hydroxyl groups is 1. The van der Waals surface area contributed by atoms with Crippen LogP contribution in [0.25, 0.3) is 0 Å². The van der Waals surface area contributed by atoms with Crippen molar-refractivity contribution in [3.63, 3.8) is 0 Å². The highest BCUT2D eigenvalue weighted by molar-refractivity contribution is 7.87. The topological polar surface area (TPSA) is 69.6 Å². The zero-order chi connectivity index (χ0) is 15.3. The van der Waals surface area contributed by atoms with E-state index in [1.807, 2.05) is 0 Å². The number of rotatable bonds is 7. The maximum Gasteiger partial charge on any atom is 0.279 e. The highest BCUT2D eigenvalue weighted by Gasteiger charge is 2.23. The monoisotopic (exact) mass is 324 g/mol. The molecule has 1 aromatic carbocycles. The van der Waals surface area contributed by atoms with Gasteiger partial charge in [-0.1, -0.05) is 24.6 Å². The molecule has 0 bridgehead atoms. The van der Waals surface area contributed by atoms with Crippen molar-refractivity contribution in [2.75, 3.05) is 13.7 Å². The summed E-state index contributed by atoms with van der Waals surface area (Å²) in [6.07, 6.45) is 0.448. The molecule has 0 spiro atoms. The Morgan fingerprint density at radius 1 is 1.50 bits per heavy atom. The van der Waals surface area contributed by atoms with Crippen LogP contribution in [0.1, 0.15) is 18.9 Å². The maximum absolute atomic E-state index is 13.6. The molecule has 0 aliphatic carbocycles. The molecule has 0 amide bonds. The molecule has 114 valence electrons. The van der Waals surface area contributed by atoms with Gasteiger partial charge in [-0.25, -0.2) is 4.39 Å². The summed E-state index contributed by atoms with van der Waals surface area (Å²) in [4.78, 5) is 0. The van der Waals surface area contributed by atoms with Gasteiger partial charge in [0.15, 0.2) is 0 Å². The summed E-state index contributed by atoms with van der Waals surface area (Å²) >= 11 is 5.86. The first-order valence-electron chi connectivity index (χ1n) is 6.09. The first-order chi connectivity index (χ1) is 9.31. The molecular formula is C12H18ClFN2O3S. The Kier molecular flexibility index (Phi) is 6.35. The van der Waals surface area contributed by atoms with Gasteiger partial charge in [0.05, 0.1) is 6.61 Å². The van der Waals surface area contributed by atoms with E-state index in [1.165, 1.54) is 25.2 Å². The molecule has 0 heterocycles. The summed E-state index contributed by atoms with van der Waals surface area (Å²) in [6.45, 7) is 1.25. The molecule has 5 nitrogen and oxygen atoms in total. The van der Waals surface area contributed by atoms with Crippen LogP contribution in [0.4, 0.5) is 4.39 Å². The summed E-state index contributed by atoms with van der Waals surface area (Å²) < 4.78 is 41.0. The highest BCUT2D eigenvalue weighted by Crippen LogP contribution is 2.21. The van der Waals surface area contributed by atoms with Crippen LogP contribution < -0.4 is 4.72 Å². The van der Waals surface area contributed by atoms with Crippen molar-refractivity contribution < 1.29 is 17.9 Å². The number of benzene rings is 1. The number of nitrogens with one attached hydrogen (secondary N) is 1. The van der Waals surface area contributed by atoms with Crippen LogP contribution in [0.3, 0.4) is 0 Å². The molecule has 0 radical (unpaired) electrons. The van der Waals surface area contributed by atoms with Crippen molar-refractivity contribution in [2.45, 2.75) is 25.9 Å². The molecular weight excluding hydrogens is 307 g/mol. The lowest BCUT2D eigenvalue weighted by molar-refractivity contribution is 0.251. The van der Waals surface area contributed by atoms with Gasteiger partial charge in [0.25, 0.3) is 10.2 Å². The van der Waals surface area contributed by atoms with Gasteiger partial charge >= 0.3 is 0 Å². The molecule has 1 unspecified atom stereocenters. The summed E-state index contributed by atoms with van der Waals surface area (Å²) in [5, 5.41) is 9.19. The molecule has 2 N–H and O–H groups in total. The van der Waals surface area contributed by atoms with Crippen LogP contribution in [-0.2, 0) is 16.8 Å². The van der Waals surface area contributed by atoms with E-state index in [4.69, 9.17) is 16.7 Å². The van der Waals surface area contributed by atoms with Gasteiger partial charge in [-0.15, -0.1) is 0 Å². The van der Waals surface area contributed by atoms with Gasteiger partial charge in [0.1, 0.15) is 5.82 Å². The third kappa shape index (κ3) is 4.39. The molecule has 1 aromatic rings. The molecule has 0 saturated carbocycles. The van der Waals surface area contributed by atoms with Crippen LogP contribution in [0.5, 0.6) is 0 Å². The van der Waals surface area contributed by atoms with Gasteiger partial charge in [0.2, 0.25) is 0 Å². The molecule has 0 saturated heterocycles. The minimum Gasteiger partial charge on any atom is -0.395 e. The van der Waals surface area contributed by atoms with Crippen molar-refractivity contribution in [3.8, 4) is 0 Å². The standard InChI is InChI=1S/C12H18ClFN2O3S/c1-3-9(8-17)15-20(18,19)16(2)7-10-11(13)5-4-6-12(10)14/h4-6,9,15,17H,3,7-8H2,1-2H3. The lowest BCUT2D eigenvalue weighted by Gasteiger charge is -2.22. The van der Waals surface area contributed by atoms with Crippen LogP contribution in [-0.4, -0.2) is 37.5 Å². The van der Waals surface area contributed by atoms with E-state index in [2.05, 4.69) is 4.72 Å². The van der Waals surface area contributed by atoms with Crippen molar-refractivity contribution in [2.24, 2.45) is 0 Å². The van der Waals surface area contributed by atoms with Gasteiger partial charge in [-0.2, -0.15) is 17.4 Å². The van der Waals surface area contributed by atoms with Gasteiger partial charge in [-0.05, 0) is 18.6 Å². The molecule has 8 heteroatoms. The lowest BCUT2D eigenvalue weighted by Crippen LogP contribution is -2.44. The van der Waals surface area contributed by atoms with Crippen LogP contribution in [0.2, 0.25) is 5.02 Å². The normalized spacial score (nSPS) is 13.7. The Bertz CT molecular complexity index is 529. The minimum absolute atomic E-state index is 0.110. The molecule has 0 aliphatic heterocycles. The third-order valence-corrected chi connectivity index (χ3v) is 4.82. The number of hydrogen-bond acceptors (Lipinski definition) is 3.